The Morgan fingerprint density at radius 1 is 1.39 bits per heavy atom. The fourth-order valence-electron chi connectivity index (χ4n) is 1.40. The van der Waals surface area contributed by atoms with Crippen LogP contribution in [0.15, 0.2) is 22.7 Å². The van der Waals surface area contributed by atoms with Crippen LogP contribution in [0.1, 0.15) is 31.1 Å². The van der Waals surface area contributed by atoms with Crippen molar-refractivity contribution in [1.29, 1.82) is 0 Å². The summed E-state index contributed by atoms with van der Waals surface area (Å²) in [5.41, 5.74) is -1.02. The standard InChI is InChI=1S/C13H14BrFO3/c1-4-18-12(17)13(2,3)11(16)8-5-6-10(15)9(14)7-8/h5-7H,4H2,1-3H3. The van der Waals surface area contributed by atoms with Crippen molar-refractivity contribution in [1.82, 2.24) is 0 Å². The van der Waals surface area contributed by atoms with Crippen molar-refractivity contribution in [3.63, 3.8) is 0 Å². The zero-order valence-corrected chi connectivity index (χ0v) is 12.0. The highest BCUT2D eigenvalue weighted by atomic mass is 79.9. The van der Waals surface area contributed by atoms with Gasteiger partial charge in [0.15, 0.2) is 5.78 Å². The minimum Gasteiger partial charge on any atom is -0.465 e. The molecule has 0 saturated carbocycles. The van der Waals surface area contributed by atoms with E-state index in [0.717, 1.165) is 0 Å². The average Bonchev–Trinajstić information content (AvgIpc) is 2.32. The Balaban J connectivity index is 3.05. The summed E-state index contributed by atoms with van der Waals surface area (Å²) < 4.78 is 18.1. The number of rotatable bonds is 4. The van der Waals surface area contributed by atoms with Crippen molar-refractivity contribution in [3.8, 4) is 0 Å². The Hall–Kier alpha value is -1.23. The lowest BCUT2D eigenvalue weighted by atomic mass is 9.84. The van der Waals surface area contributed by atoms with Crippen LogP contribution >= 0.6 is 15.9 Å². The van der Waals surface area contributed by atoms with Gasteiger partial charge in [-0.25, -0.2) is 4.39 Å². The molecule has 0 fully saturated rings. The van der Waals surface area contributed by atoms with E-state index < -0.39 is 23.0 Å². The van der Waals surface area contributed by atoms with Gasteiger partial charge < -0.3 is 4.74 Å². The van der Waals surface area contributed by atoms with Gasteiger partial charge in [-0.1, -0.05) is 0 Å². The molecule has 0 atom stereocenters. The van der Waals surface area contributed by atoms with E-state index in [9.17, 15) is 14.0 Å². The molecule has 0 heterocycles. The minimum absolute atomic E-state index is 0.188. The van der Waals surface area contributed by atoms with Gasteiger partial charge in [0.1, 0.15) is 11.2 Å². The van der Waals surface area contributed by atoms with E-state index in [1.165, 1.54) is 32.0 Å². The second-order valence-electron chi connectivity index (χ2n) is 4.30. The SMILES string of the molecule is CCOC(=O)C(C)(C)C(=O)c1ccc(F)c(Br)c1. The monoisotopic (exact) mass is 316 g/mol. The Bertz CT molecular complexity index is 483. The zero-order valence-electron chi connectivity index (χ0n) is 10.4. The molecular formula is C13H14BrFO3. The molecule has 0 saturated heterocycles. The molecule has 0 radical (unpaired) electrons. The van der Waals surface area contributed by atoms with Crippen LogP contribution in [0, 0.1) is 11.2 Å². The maximum atomic E-state index is 13.1. The quantitative estimate of drug-likeness (QED) is 0.486. The van der Waals surface area contributed by atoms with E-state index >= 15 is 0 Å². The van der Waals surface area contributed by atoms with Crippen LogP contribution in [-0.2, 0) is 9.53 Å². The average molecular weight is 317 g/mol. The van der Waals surface area contributed by atoms with E-state index in [2.05, 4.69) is 15.9 Å². The van der Waals surface area contributed by atoms with Crippen LogP contribution in [0.3, 0.4) is 0 Å². The molecule has 0 N–H and O–H groups in total. The molecule has 1 aromatic carbocycles. The smallest absolute Gasteiger partial charge is 0.319 e. The molecular weight excluding hydrogens is 303 g/mol. The Morgan fingerprint density at radius 2 is 2.00 bits per heavy atom. The van der Waals surface area contributed by atoms with Gasteiger partial charge in [-0.3, -0.25) is 9.59 Å². The summed E-state index contributed by atoms with van der Waals surface area (Å²) in [5, 5.41) is 0. The summed E-state index contributed by atoms with van der Waals surface area (Å²) in [6.07, 6.45) is 0. The summed E-state index contributed by atoms with van der Waals surface area (Å²) in [6.45, 7) is 4.87. The second kappa shape index (κ2) is 5.61. The molecule has 0 aliphatic rings. The number of ketones is 1. The molecule has 0 unspecified atom stereocenters. The van der Waals surface area contributed by atoms with Gasteiger partial charge >= 0.3 is 5.97 Å². The van der Waals surface area contributed by atoms with Gasteiger partial charge in [0.05, 0.1) is 11.1 Å². The number of carbonyl (C=O) groups excluding carboxylic acids is 2. The number of carbonyl (C=O) groups is 2. The lowest BCUT2D eigenvalue weighted by Gasteiger charge is -2.20. The highest BCUT2D eigenvalue weighted by molar-refractivity contribution is 9.10. The first-order valence-electron chi connectivity index (χ1n) is 5.47. The van der Waals surface area contributed by atoms with Crippen molar-refractivity contribution >= 4 is 27.7 Å². The molecule has 0 aliphatic carbocycles. The topological polar surface area (TPSA) is 43.4 Å². The fraction of sp³-hybridized carbons (Fsp3) is 0.385. The Labute approximate surface area is 113 Å². The van der Waals surface area contributed by atoms with Crippen LogP contribution in [-0.4, -0.2) is 18.4 Å². The summed E-state index contributed by atoms with van der Waals surface area (Å²) in [7, 11) is 0. The molecule has 0 aromatic heterocycles. The highest BCUT2D eigenvalue weighted by Gasteiger charge is 2.38. The first kappa shape index (κ1) is 14.8. The third-order valence-corrected chi connectivity index (χ3v) is 3.14. The summed E-state index contributed by atoms with van der Waals surface area (Å²) in [6, 6.07) is 3.89. The van der Waals surface area contributed by atoms with E-state index in [0.29, 0.717) is 0 Å². The molecule has 0 spiro atoms. The lowest BCUT2D eigenvalue weighted by molar-refractivity contribution is -0.150. The van der Waals surface area contributed by atoms with Crippen LogP contribution < -0.4 is 0 Å². The molecule has 3 nitrogen and oxygen atoms in total. The van der Waals surface area contributed by atoms with E-state index in [1.807, 2.05) is 0 Å². The Kier molecular flexibility index (Phi) is 4.62. The number of halogens is 2. The van der Waals surface area contributed by atoms with Crippen LogP contribution in [0.2, 0.25) is 0 Å². The van der Waals surface area contributed by atoms with E-state index in [1.54, 1.807) is 6.92 Å². The highest BCUT2D eigenvalue weighted by Crippen LogP contribution is 2.26. The lowest BCUT2D eigenvalue weighted by Crippen LogP contribution is -2.35. The van der Waals surface area contributed by atoms with Gasteiger partial charge in [0, 0.05) is 5.56 Å². The maximum Gasteiger partial charge on any atom is 0.319 e. The maximum absolute atomic E-state index is 13.1. The molecule has 0 bridgehead atoms. The number of esters is 1. The Morgan fingerprint density at radius 3 is 2.50 bits per heavy atom. The first-order chi connectivity index (χ1) is 8.30. The van der Waals surface area contributed by atoms with Crippen molar-refractivity contribution in [2.45, 2.75) is 20.8 Å². The summed E-state index contributed by atoms with van der Waals surface area (Å²) in [4.78, 5) is 23.9. The molecule has 0 aliphatic heterocycles. The van der Waals surface area contributed by atoms with Crippen molar-refractivity contribution in [2.24, 2.45) is 5.41 Å². The van der Waals surface area contributed by atoms with Crippen LogP contribution in [0.4, 0.5) is 4.39 Å². The van der Waals surface area contributed by atoms with Crippen molar-refractivity contribution < 1.29 is 18.7 Å². The van der Waals surface area contributed by atoms with Gasteiger partial charge in [-0.15, -0.1) is 0 Å². The largest absolute Gasteiger partial charge is 0.465 e. The predicted octanol–water partition coefficient (Wildman–Crippen LogP) is 3.36. The second-order valence-corrected chi connectivity index (χ2v) is 5.16. The molecule has 1 aromatic rings. The van der Waals surface area contributed by atoms with Crippen LogP contribution in [0.5, 0.6) is 0 Å². The third-order valence-electron chi connectivity index (χ3n) is 2.54. The number of Topliss-reactive ketones (excluding diaryl/α,β-unsaturated/α-hetero) is 1. The summed E-state index contributed by atoms with van der Waals surface area (Å²) >= 11 is 3.01. The van der Waals surface area contributed by atoms with Gasteiger partial charge in [-0.2, -0.15) is 0 Å². The zero-order chi connectivity index (χ0) is 13.9. The number of benzene rings is 1. The number of hydrogen-bond donors (Lipinski definition) is 0. The van der Waals surface area contributed by atoms with Gasteiger partial charge in [0.25, 0.3) is 0 Å². The molecule has 18 heavy (non-hydrogen) atoms. The van der Waals surface area contributed by atoms with E-state index in [-0.39, 0.29) is 16.6 Å². The number of hydrogen-bond acceptors (Lipinski definition) is 3. The summed E-state index contributed by atoms with van der Waals surface area (Å²) in [5.74, 6) is -1.45. The fourth-order valence-corrected chi connectivity index (χ4v) is 1.78. The van der Waals surface area contributed by atoms with Crippen molar-refractivity contribution in [3.05, 3.63) is 34.1 Å². The molecule has 98 valence electrons. The molecule has 1 rings (SSSR count). The van der Waals surface area contributed by atoms with E-state index in [4.69, 9.17) is 4.74 Å². The van der Waals surface area contributed by atoms with Gasteiger partial charge in [0.2, 0.25) is 0 Å². The van der Waals surface area contributed by atoms with Gasteiger partial charge in [-0.05, 0) is 54.9 Å². The minimum atomic E-state index is -1.28. The number of ether oxygens (including phenoxy) is 1. The van der Waals surface area contributed by atoms with Crippen LogP contribution in [0.25, 0.3) is 0 Å². The third kappa shape index (κ3) is 2.96. The molecule has 5 heteroatoms. The first-order valence-corrected chi connectivity index (χ1v) is 6.27. The predicted molar refractivity (Wildman–Crippen MR) is 68.8 cm³/mol. The van der Waals surface area contributed by atoms with Crippen molar-refractivity contribution in [2.75, 3.05) is 6.61 Å². The molecule has 0 amide bonds. The normalized spacial score (nSPS) is 11.2.